The van der Waals surface area contributed by atoms with Crippen LogP contribution < -0.4 is 0 Å². The van der Waals surface area contributed by atoms with E-state index in [0.29, 0.717) is 6.29 Å². The molecular weight excluding hydrogens is 811 g/mol. The molecule has 22 heteroatoms. The minimum Gasteiger partial charge on any atom is -0.479 e. The van der Waals surface area contributed by atoms with Crippen LogP contribution >= 0.6 is 22.6 Å². The zero-order valence-electron chi connectivity index (χ0n) is 27.3. The quantitative estimate of drug-likeness (QED) is 0.0271. The summed E-state index contributed by atoms with van der Waals surface area (Å²) in [5.74, 6) is -9.09. The number of carbonyl (C=O) groups is 4. The number of hydrogen-bond acceptors (Lipinski definition) is 19. The second-order valence-corrected chi connectivity index (χ2v) is 14.1. The molecule has 3 heterocycles. The summed E-state index contributed by atoms with van der Waals surface area (Å²) in [5, 5.41) is 116. The van der Waals surface area contributed by atoms with Crippen molar-refractivity contribution in [3.63, 3.8) is 0 Å². The zero-order valence-corrected chi connectivity index (χ0v) is 29.4. The lowest BCUT2D eigenvalue weighted by Gasteiger charge is -2.47. The number of aldehydes is 1. The summed E-state index contributed by atoms with van der Waals surface area (Å²) in [7, 11) is 2.12. The number of aliphatic carboxylic acids is 2. The van der Waals surface area contributed by atoms with Gasteiger partial charge in [0.1, 0.15) is 40.7 Å². The normalized spacial score (nSPS) is 41.9. The van der Waals surface area contributed by atoms with Gasteiger partial charge in [0.2, 0.25) is 0 Å². The largest absolute Gasteiger partial charge is 0.479 e. The van der Waals surface area contributed by atoms with E-state index in [-0.39, 0.29) is 0 Å². The molecular formula is C29H45IO21. The number of ether oxygens (including phenoxy) is 4. The van der Waals surface area contributed by atoms with E-state index in [9.17, 15) is 75.3 Å². The highest BCUT2D eigenvalue weighted by Gasteiger charge is 2.56. The number of aliphatic hydroxyl groups is 9. The van der Waals surface area contributed by atoms with Crippen molar-refractivity contribution >= 4 is 46.8 Å². The molecule has 0 aliphatic carbocycles. The fourth-order valence-corrected chi connectivity index (χ4v) is 7.57. The zero-order chi connectivity index (χ0) is 38.5. The molecule has 19 unspecified atom stereocenters. The second kappa shape index (κ2) is 19.0. The molecule has 2 bridgehead atoms. The van der Waals surface area contributed by atoms with Crippen LogP contribution in [-0.4, -0.2) is 190 Å². The van der Waals surface area contributed by atoms with E-state index >= 15 is 0 Å². The lowest BCUT2D eigenvalue weighted by Crippen LogP contribution is -2.63. The maximum atomic E-state index is 12.9. The molecule has 0 radical (unpaired) electrons. The second-order valence-electron chi connectivity index (χ2n) is 12.8. The van der Waals surface area contributed by atoms with Gasteiger partial charge in [-0.2, -0.15) is 4.89 Å². The van der Waals surface area contributed by atoms with Gasteiger partial charge in [0.15, 0.2) is 24.6 Å². The molecule has 0 amide bonds. The first-order valence-corrected chi connectivity index (χ1v) is 17.1. The Labute approximate surface area is 303 Å². The summed E-state index contributed by atoms with van der Waals surface area (Å²) in [6.45, 7) is 0. The van der Waals surface area contributed by atoms with Gasteiger partial charge in [0, 0.05) is 32.5 Å². The molecule has 0 saturated carbocycles. The van der Waals surface area contributed by atoms with Gasteiger partial charge < -0.3 is 79.9 Å². The van der Waals surface area contributed by atoms with Crippen LogP contribution in [0.2, 0.25) is 0 Å². The number of fused-ring (bicyclic) bond motifs is 2. The summed E-state index contributed by atoms with van der Waals surface area (Å²) in [4.78, 5) is 59.1. The fraction of sp³-hybridized carbons (Fsp3) is 0.862. The number of aliphatic hydroxyl groups excluding tert-OH is 9. The third-order valence-electron chi connectivity index (χ3n) is 9.65. The summed E-state index contributed by atoms with van der Waals surface area (Å²) in [6, 6.07) is 0. The van der Waals surface area contributed by atoms with Crippen LogP contribution in [0, 0.1) is 17.8 Å². The predicted molar refractivity (Wildman–Crippen MR) is 168 cm³/mol. The predicted octanol–water partition coefficient (Wildman–Crippen LogP) is -5.17. The molecule has 0 aromatic heterocycles. The monoisotopic (exact) mass is 856 g/mol. The molecule has 3 rings (SSSR count). The highest BCUT2D eigenvalue weighted by Crippen LogP contribution is 2.40. The van der Waals surface area contributed by atoms with E-state index in [1.54, 1.807) is 0 Å². The third-order valence-corrected chi connectivity index (χ3v) is 10.9. The van der Waals surface area contributed by atoms with E-state index in [0.717, 1.165) is 14.2 Å². The Morgan fingerprint density at radius 1 is 0.882 bits per heavy atom. The van der Waals surface area contributed by atoms with Crippen LogP contribution in [0.5, 0.6) is 0 Å². The molecule has 0 aromatic rings. The van der Waals surface area contributed by atoms with Crippen molar-refractivity contribution in [3.05, 3.63) is 0 Å². The SMILES string of the molecule is COC(O)C(O)C(O)C(CC=O)CC1OC(C(=O)O)C(CC2OC(C(=O)O)C3CC(O)C(O)C(O)C(OC)C(I)C(=O)OOC2C3O)C(O)C1O. The van der Waals surface area contributed by atoms with Gasteiger partial charge >= 0.3 is 17.9 Å². The highest BCUT2D eigenvalue weighted by molar-refractivity contribution is 14.1. The number of halogens is 1. The maximum Gasteiger partial charge on any atom is 0.357 e. The van der Waals surface area contributed by atoms with Crippen LogP contribution in [0.4, 0.5) is 0 Å². The Kier molecular flexibility index (Phi) is 16.3. The first-order chi connectivity index (χ1) is 23.9. The molecule has 0 aromatic carbocycles. The van der Waals surface area contributed by atoms with Gasteiger partial charge in [-0.1, -0.05) is 22.6 Å². The molecule has 294 valence electrons. The van der Waals surface area contributed by atoms with Crippen LogP contribution in [-0.2, 0) is 47.9 Å². The van der Waals surface area contributed by atoms with E-state index in [2.05, 4.69) is 4.74 Å². The van der Waals surface area contributed by atoms with Crippen molar-refractivity contribution < 1.29 is 104 Å². The number of carboxylic acids is 2. The van der Waals surface area contributed by atoms with Crippen molar-refractivity contribution in [2.45, 2.75) is 121 Å². The van der Waals surface area contributed by atoms with Crippen molar-refractivity contribution in [3.8, 4) is 0 Å². The molecule has 0 spiro atoms. The van der Waals surface area contributed by atoms with Gasteiger partial charge in [0.05, 0.1) is 36.6 Å². The number of hydrogen-bond donors (Lipinski definition) is 11. The van der Waals surface area contributed by atoms with Gasteiger partial charge in [-0.25, -0.2) is 14.4 Å². The van der Waals surface area contributed by atoms with Gasteiger partial charge in [-0.05, 0) is 25.2 Å². The van der Waals surface area contributed by atoms with Crippen molar-refractivity contribution in [1.29, 1.82) is 0 Å². The number of alkyl halides is 1. The Hall–Kier alpha value is -1.75. The number of rotatable bonds is 13. The van der Waals surface area contributed by atoms with Gasteiger partial charge in [-0.15, -0.1) is 0 Å². The van der Waals surface area contributed by atoms with Crippen LogP contribution in [0.25, 0.3) is 0 Å². The Balaban J connectivity index is 1.94. The Morgan fingerprint density at radius 2 is 1.49 bits per heavy atom. The number of carbonyl (C=O) groups excluding carboxylic acids is 2. The minimum absolute atomic E-state index is 0.355. The summed E-state index contributed by atoms with van der Waals surface area (Å²) < 4.78 is 19.6. The van der Waals surface area contributed by atoms with Crippen molar-refractivity contribution in [2.75, 3.05) is 14.2 Å². The third kappa shape index (κ3) is 9.87. The van der Waals surface area contributed by atoms with Crippen LogP contribution in [0.3, 0.4) is 0 Å². The van der Waals surface area contributed by atoms with Gasteiger partial charge in [-0.3, -0.25) is 4.89 Å². The molecule has 3 saturated heterocycles. The average molecular weight is 857 g/mol. The van der Waals surface area contributed by atoms with Gasteiger partial charge in [0.25, 0.3) is 0 Å². The Bertz CT molecular complexity index is 1180. The van der Waals surface area contributed by atoms with Crippen LogP contribution in [0.1, 0.15) is 25.7 Å². The standard InChI is InChI=1S/C29H45IO21/c1-46-25-14(30)28(44)51-50-24-13(49-22(26(40)41)9(17(24)35)6-11(32)18(36)20(25)38)7-10-16(34)19(37)12(48-23(10)27(42)43)5-8(3-4-31)15(33)21(39)29(45)47-2/h4,8-25,29,32-39,45H,3,5-7H2,1-2H3,(H,40,41)(H,42,43). The molecule has 11 N–H and O–H groups in total. The number of methoxy groups -OCH3 is 2. The van der Waals surface area contributed by atoms with E-state index < -0.39 is 157 Å². The first-order valence-electron chi connectivity index (χ1n) is 15.8. The lowest BCUT2D eigenvalue weighted by atomic mass is 9.76. The summed E-state index contributed by atoms with van der Waals surface area (Å²) >= 11 is 1.50. The average Bonchev–Trinajstić information content (AvgIpc) is 3.09. The maximum absolute atomic E-state index is 12.9. The first kappa shape index (κ1) is 43.7. The molecule has 3 fully saturated rings. The van der Waals surface area contributed by atoms with Crippen molar-refractivity contribution in [1.82, 2.24) is 0 Å². The van der Waals surface area contributed by atoms with E-state index in [1.807, 2.05) is 0 Å². The molecule has 19 atom stereocenters. The molecule has 51 heavy (non-hydrogen) atoms. The molecule has 3 aliphatic rings. The lowest BCUT2D eigenvalue weighted by molar-refractivity contribution is -0.354. The molecule has 21 nitrogen and oxygen atoms in total. The minimum atomic E-state index is -2.01. The number of carboxylic acid groups (broad SMARTS) is 2. The topological polar surface area (TPSA) is 346 Å². The van der Waals surface area contributed by atoms with E-state index in [4.69, 9.17) is 24.0 Å². The highest BCUT2D eigenvalue weighted by atomic mass is 127. The van der Waals surface area contributed by atoms with E-state index in [1.165, 1.54) is 22.6 Å². The van der Waals surface area contributed by atoms with Crippen molar-refractivity contribution in [2.24, 2.45) is 17.8 Å². The fourth-order valence-electron chi connectivity index (χ4n) is 6.75. The summed E-state index contributed by atoms with van der Waals surface area (Å²) in [5.41, 5.74) is 0. The van der Waals surface area contributed by atoms with Crippen LogP contribution in [0.15, 0.2) is 0 Å². The smallest absolute Gasteiger partial charge is 0.357 e. The summed E-state index contributed by atoms with van der Waals surface area (Å²) in [6.07, 6.45) is -30.0. The Morgan fingerprint density at radius 3 is 2.04 bits per heavy atom. The molecule has 3 aliphatic heterocycles.